The number of phenolic OH excluding ortho intramolecular Hbond substituents is 1. The minimum atomic E-state index is 0.280. The van der Waals surface area contributed by atoms with Crippen molar-refractivity contribution in [2.45, 2.75) is 6.54 Å². The van der Waals surface area contributed by atoms with Gasteiger partial charge in [0, 0.05) is 7.05 Å². The van der Waals surface area contributed by atoms with Crippen LogP contribution in [-0.2, 0) is 6.54 Å². The highest BCUT2D eigenvalue weighted by molar-refractivity contribution is 5.25. The van der Waals surface area contributed by atoms with Gasteiger partial charge in [0.15, 0.2) is 0 Å². The van der Waals surface area contributed by atoms with E-state index in [1.165, 1.54) is 0 Å². The lowest BCUT2D eigenvalue weighted by molar-refractivity contribution is 0.475. The molecule has 0 aliphatic heterocycles. The van der Waals surface area contributed by atoms with Crippen LogP contribution in [0.25, 0.3) is 0 Å². The zero-order valence-corrected chi connectivity index (χ0v) is 6.36. The first kappa shape index (κ1) is 7.72. The molecule has 1 aromatic carbocycles. The average molecular weight is 150 g/mol. The van der Waals surface area contributed by atoms with Crippen LogP contribution >= 0.6 is 0 Å². The highest BCUT2D eigenvalue weighted by Gasteiger charge is 1.89. The van der Waals surface area contributed by atoms with Gasteiger partial charge >= 0.3 is 0 Å². The van der Waals surface area contributed by atoms with Crippen molar-refractivity contribution in [3.8, 4) is 5.75 Å². The molecule has 3 heteroatoms. The maximum atomic E-state index is 8.93. The molecule has 0 aromatic heterocycles. The van der Waals surface area contributed by atoms with E-state index in [0.29, 0.717) is 6.54 Å². The Labute approximate surface area is 65.4 Å². The second kappa shape index (κ2) is 3.71. The van der Waals surface area contributed by atoms with Crippen molar-refractivity contribution in [3.63, 3.8) is 0 Å². The summed E-state index contributed by atoms with van der Waals surface area (Å²) in [5.74, 6) is 0.280. The zero-order valence-electron chi connectivity index (χ0n) is 6.36. The second-order valence-corrected chi connectivity index (χ2v) is 2.17. The molecule has 0 aliphatic carbocycles. The van der Waals surface area contributed by atoms with E-state index in [0.717, 1.165) is 5.56 Å². The number of hydrogen-bond donors (Lipinski definition) is 1. The van der Waals surface area contributed by atoms with Gasteiger partial charge in [-0.05, 0) is 17.7 Å². The lowest BCUT2D eigenvalue weighted by Gasteiger charge is -1.94. The van der Waals surface area contributed by atoms with Gasteiger partial charge in [0.25, 0.3) is 0 Å². The first-order chi connectivity index (χ1) is 5.33. The van der Waals surface area contributed by atoms with Crippen LogP contribution in [0.15, 0.2) is 34.5 Å². The van der Waals surface area contributed by atoms with E-state index >= 15 is 0 Å². The van der Waals surface area contributed by atoms with E-state index in [9.17, 15) is 0 Å². The third-order valence-corrected chi connectivity index (χ3v) is 1.33. The van der Waals surface area contributed by atoms with Crippen LogP contribution in [0.4, 0.5) is 0 Å². The number of azo groups is 1. The molecule has 0 aliphatic rings. The van der Waals surface area contributed by atoms with Crippen molar-refractivity contribution in [2.24, 2.45) is 10.2 Å². The average Bonchev–Trinajstić information content (AvgIpc) is 2.04. The molecule has 0 spiro atoms. The maximum absolute atomic E-state index is 8.93. The Balaban J connectivity index is 2.66. The predicted octanol–water partition coefficient (Wildman–Crippen LogP) is 1.97. The Morgan fingerprint density at radius 1 is 1.27 bits per heavy atom. The van der Waals surface area contributed by atoms with Crippen LogP contribution in [0, 0.1) is 0 Å². The molecule has 1 rings (SSSR count). The van der Waals surface area contributed by atoms with E-state index in [1.807, 2.05) is 12.1 Å². The maximum Gasteiger partial charge on any atom is 0.115 e. The molecule has 0 unspecified atom stereocenters. The molecule has 0 saturated heterocycles. The van der Waals surface area contributed by atoms with E-state index in [-0.39, 0.29) is 5.75 Å². The summed E-state index contributed by atoms with van der Waals surface area (Å²) in [6, 6.07) is 6.93. The minimum Gasteiger partial charge on any atom is -0.508 e. The number of benzene rings is 1. The molecular weight excluding hydrogens is 140 g/mol. The molecular formula is C8H10N2O. The van der Waals surface area contributed by atoms with E-state index in [4.69, 9.17) is 5.11 Å². The summed E-state index contributed by atoms with van der Waals surface area (Å²) in [5, 5.41) is 16.4. The second-order valence-electron chi connectivity index (χ2n) is 2.17. The van der Waals surface area contributed by atoms with Crippen LogP contribution in [0.1, 0.15) is 5.56 Å². The van der Waals surface area contributed by atoms with Gasteiger partial charge in [-0.2, -0.15) is 10.2 Å². The molecule has 58 valence electrons. The van der Waals surface area contributed by atoms with Gasteiger partial charge in [0.2, 0.25) is 0 Å². The fourth-order valence-corrected chi connectivity index (χ4v) is 0.754. The molecule has 11 heavy (non-hydrogen) atoms. The van der Waals surface area contributed by atoms with E-state index in [2.05, 4.69) is 10.2 Å². The third kappa shape index (κ3) is 2.37. The Hall–Kier alpha value is -1.38. The van der Waals surface area contributed by atoms with Crippen LogP contribution in [0.3, 0.4) is 0 Å². The first-order valence-electron chi connectivity index (χ1n) is 3.36. The van der Waals surface area contributed by atoms with Gasteiger partial charge in [-0.25, -0.2) is 0 Å². The zero-order chi connectivity index (χ0) is 8.10. The molecule has 0 amide bonds. The van der Waals surface area contributed by atoms with Gasteiger partial charge in [-0.15, -0.1) is 0 Å². The van der Waals surface area contributed by atoms with Crippen LogP contribution in [0.5, 0.6) is 5.75 Å². The van der Waals surface area contributed by atoms with Crippen LogP contribution in [-0.4, -0.2) is 12.2 Å². The Kier molecular flexibility index (Phi) is 2.60. The topological polar surface area (TPSA) is 45.0 Å². The lowest BCUT2D eigenvalue weighted by atomic mass is 10.2. The Bertz CT molecular complexity index is 241. The fraction of sp³-hybridized carbons (Fsp3) is 0.250. The van der Waals surface area contributed by atoms with Gasteiger partial charge in [-0.3, -0.25) is 0 Å². The quantitative estimate of drug-likeness (QED) is 0.643. The number of nitrogens with zero attached hydrogens (tertiary/aromatic N) is 2. The Morgan fingerprint density at radius 3 is 2.45 bits per heavy atom. The lowest BCUT2D eigenvalue weighted by Crippen LogP contribution is -1.77. The molecule has 0 atom stereocenters. The molecule has 0 bridgehead atoms. The van der Waals surface area contributed by atoms with Crippen LogP contribution < -0.4 is 0 Å². The van der Waals surface area contributed by atoms with Gasteiger partial charge in [0.1, 0.15) is 5.75 Å². The molecule has 0 saturated carbocycles. The summed E-state index contributed by atoms with van der Waals surface area (Å²) in [4.78, 5) is 0. The van der Waals surface area contributed by atoms with Crippen molar-refractivity contribution in [1.82, 2.24) is 0 Å². The summed E-state index contributed by atoms with van der Waals surface area (Å²) in [7, 11) is 1.64. The van der Waals surface area contributed by atoms with Crippen molar-refractivity contribution in [2.75, 3.05) is 7.05 Å². The Morgan fingerprint density at radius 2 is 1.91 bits per heavy atom. The van der Waals surface area contributed by atoms with Gasteiger partial charge in [0.05, 0.1) is 6.54 Å². The normalized spacial score (nSPS) is 10.6. The monoisotopic (exact) mass is 150 g/mol. The molecule has 0 heterocycles. The summed E-state index contributed by atoms with van der Waals surface area (Å²) in [5.41, 5.74) is 1.05. The van der Waals surface area contributed by atoms with Crippen molar-refractivity contribution in [3.05, 3.63) is 29.8 Å². The fourth-order valence-electron chi connectivity index (χ4n) is 0.754. The predicted molar refractivity (Wildman–Crippen MR) is 42.6 cm³/mol. The molecule has 0 fully saturated rings. The molecule has 3 nitrogen and oxygen atoms in total. The van der Waals surface area contributed by atoms with E-state index < -0.39 is 0 Å². The minimum absolute atomic E-state index is 0.280. The molecule has 0 radical (unpaired) electrons. The van der Waals surface area contributed by atoms with Crippen molar-refractivity contribution >= 4 is 0 Å². The number of phenols is 1. The molecule has 1 N–H and O–H groups in total. The van der Waals surface area contributed by atoms with Crippen LogP contribution in [0.2, 0.25) is 0 Å². The van der Waals surface area contributed by atoms with Gasteiger partial charge < -0.3 is 5.11 Å². The first-order valence-corrected chi connectivity index (χ1v) is 3.36. The number of hydrogen-bond acceptors (Lipinski definition) is 3. The largest absolute Gasteiger partial charge is 0.508 e. The standard InChI is InChI=1S/C8H10N2O/c1-9-10-6-7-2-4-8(11)5-3-7/h2-5,11H,6H2,1H3. The van der Waals surface area contributed by atoms with Gasteiger partial charge in [-0.1, -0.05) is 12.1 Å². The summed E-state index contributed by atoms with van der Waals surface area (Å²) in [6.07, 6.45) is 0. The number of rotatable bonds is 2. The summed E-state index contributed by atoms with van der Waals surface area (Å²) >= 11 is 0. The van der Waals surface area contributed by atoms with Crippen molar-refractivity contribution in [1.29, 1.82) is 0 Å². The van der Waals surface area contributed by atoms with Crippen molar-refractivity contribution < 1.29 is 5.11 Å². The third-order valence-electron chi connectivity index (χ3n) is 1.33. The highest BCUT2D eigenvalue weighted by Crippen LogP contribution is 2.09. The molecule has 1 aromatic rings. The number of aromatic hydroxyl groups is 1. The smallest absolute Gasteiger partial charge is 0.115 e. The summed E-state index contributed by atoms with van der Waals surface area (Å²) in [6.45, 7) is 0.580. The van der Waals surface area contributed by atoms with E-state index in [1.54, 1.807) is 19.2 Å². The highest BCUT2D eigenvalue weighted by atomic mass is 16.3. The summed E-state index contributed by atoms with van der Waals surface area (Å²) < 4.78 is 0. The SMILES string of the molecule is CN=NCc1ccc(O)cc1.